The van der Waals surface area contributed by atoms with Gasteiger partial charge in [0.25, 0.3) is 0 Å². The van der Waals surface area contributed by atoms with Crippen LogP contribution in [-0.4, -0.2) is 47.7 Å². The lowest BCUT2D eigenvalue weighted by molar-refractivity contribution is -0.135. The third-order valence-corrected chi connectivity index (χ3v) is 3.38. The second-order valence-electron chi connectivity index (χ2n) is 5.18. The Morgan fingerprint density at radius 3 is 3.05 bits per heavy atom. The van der Waals surface area contributed by atoms with Crippen molar-refractivity contribution in [2.24, 2.45) is 5.92 Å². The number of carboxylic acid groups (broad SMARTS) is 1. The topological polar surface area (TPSA) is 69.6 Å². The van der Waals surface area contributed by atoms with E-state index in [1.807, 2.05) is 6.07 Å². The maximum Gasteiger partial charge on any atom is 0.323 e. The lowest BCUT2D eigenvalue weighted by Crippen LogP contribution is -2.35. The largest absolute Gasteiger partial charge is 0.480 e. The molecule has 104 valence electrons. The van der Waals surface area contributed by atoms with Crippen molar-refractivity contribution in [3.63, 3.8) is 0 Å². The summed E-state index contributed by atoms with van der Waals surface area (Å²) in [5, 5.41) is 8.80. The molecule has 1 aliphatic heterocycles. The van der Waals surface area contributed by atoms with Crippen LogP contribution in [0.3, 0.4) is 0 Å². The van der Waals surface area contributed by atoms with E-state index in [4.69, 9.17) is 5.11 Å². The molecule has 6 heteroatoms. The van der Waals surface area contributed by atoms with E-state index in [1.165, 1.54) is 19.2 Å². The molecule has 1 aromatic heterocycles. The molecule has 0 aromatic carbocycles. The molecule has 1 aromatic rings. The summed E-state index contributed by atoms with van der Waals surface area (Å²) in [6.45, 7) is 4.18. The molecule has 1 N–H and O–H groups in total. The van der Waals surface area contributed by atoms with Gasteiger partial charge in [0.15, 0.2) is 0 Å². The molecular weight excluding hydrogens is 244 g/mol. The zero-order valence-corrected chi connectivity index (χ0v) is 11.4. The van der Waals surface area contributed by atoms with Crippen LogP contribution in [0.2, 0.25) is 0 Å². The fourth-order valence-corrected chi connectivity index (χ4v) is 2.40. The molecule has 6 nitrogen and oxygen atoms in total. The Balaban J connectivity index is 2.12. The van der Waals surface area contributed by atoms with Gasteiger partial charge in [0.2, 0.25) is 0 Å². The van der Waals surface area contributed by atoms with E-state index < -0.39 is 5.97 Å². The number of nitrogens with zero attached hydrogens (tertiary/aromatic N) is 4. The number of hydrogen-bond acceptors (Lipinski definition) is 5. The molecule has 0 saturated carbocycles. The quantitative estimate of drug-likeness (QED) is 0.882. The maximum atomic E-state index is 10.7. The lowest BCUT2D eigenvalue weighted by atomic mass is 10.0. The molecule has 0 aliphatic carbocycles. The summed E-state index contributed by atoms with van der Waals surface area (Å²) in [6.07, 6.45) is 3.93. The first kappa shape index (κ1) is 13.6. The van der Waals surface area contributed by atoms with Crippen LogP contribution in [0.1, 0.15) is 19.8 Å². The molecular formula is C13H20N4O2. The van der Waals surface area contributed by atoms with Gasteiger partial charge in [-0.1, -0.05) is 6.92 Å². The van der Waals surface area contributed by atoms with E-state index in [-0.39, 0.29) is 6.54 Å². The minimum atomic E-state index is -0.866. The van der Waals surface area contributed by atoms with Gasteiger partial charge in [-0.25, -0.2) is 9.97 Å². The van der Waals surface area contributed by atoms with Crippen molar-refractivity contribution >= 4 is 17.6 Å². The summed E-state index contributed by atoms with van der Waals surface area (Å²) in [5.74, 6) is 1.33. The normalized spacial score (nSPS) is 19.3. The number of carbonyl (C=O) groups is 1. The van der Waals surface area contributed by atoms with Crippen molar-refractivity contribution in [3.8, 4) is 0 Å². The smallest absolute Gasteiger partial charge is 0.323 e. The van der Waals surface area contributed by atoms with E-state index in [1.54, 1.807) is 11.9 Å². The Morgan fingerprint density at radius 1 is 1.58 bits per heavy atom. The first-order valence-electron chi connectivity index (χ1n) is 6.56. The highest BCUT2D eigenvalue weighted by Gasteiger charge is 2.18. The first-order chi connectivity index (χ1) is 9.06. The van der Waals surface area contributed by atoms with Crippen molar-refractivity contribution < 1.29 is 9.90 Å². The van der Waals surface area contributed by atoms with Crippen LogP contribution in [0, 0.1) is 5.92 Å². The molecule has 1 unspecified atom stereocenters. The average molecular weight is 264 g/mol. The molecule has 2 heterocycles. The van der Waals surface area contributed by atoms with Crippen LogP contribution in [0.25, 0.3) is 0 Å². The van der Waals surface area contributed by atoms with Crippen LogP contribution >= 0.6 is 0 Å². The zero-order chi connectivity index (χ0) is 13.8. The number of piperidine rings is 1. The Kier molecular flexibility index (Phi) is 4.19. The van der Waals surface area contributed by atoms with Crippen LogP contribution in [-0.2, 0) is 4.79 Å². The summed E-state index contributed by atoms with van der Waals surface area (Å²) >= 11 is 0. The Morgan fingerprint density at radius 2 is 2.37 bits per heavy atom. The minimum Gasteiger partial charge on any atom is -0.480 e. The van der Waals surface area contributed by atoms with E-state index in [0.717, 1.165) is 18.9 Å². The molecule has 0 amide bonds. The minimum absolute atomic E-state index is 0.0626. The monoisotopic (exact) mass is 264 g/mol. The maximum absolute atomic E-state index is 10.7. The van der Waals surface area contributed by atoms with E-state index >= 15 is 0 Å². The SMILES string of the molecule is CC1CCCN(c2cc(N(C)CC(=O)O)ncn2)C1. The Hall–Kier alpha value is -1.85. The van der Waals surface area contributed by atoms with Gasteiger partial charge in [0.05, 0.1) is 0 Å². The van der Waals surface area contributed by atoms with E-state index in [9.17, 15) is 4.79 Å². The van der Waals surface area contributed by atoms with Gasteiger partial charge in [-0.2, -0.15) is 0 Å². The third kappa shape index (κ3) is 3.56. The fourth-order valence-electron chi connectivity index (χ4n) is 2.40. The highest BCUT2D eigenvalue weighted by Crippen LogP contribution is 2.23. The van der Waals surface area contributed by atoms with Gasteiger partial charge in [0, 0.05) is 26.2 Å². The molecule has 2 rings (SSSR count). The molecule has 0 bridgehead atoms. The van der Waals surface area contributed by atoms with Crippen molar-refractivity contribution in [3.05, 3.63) is 12.4 Å². The predicted molar refractivity (Wildman–Crippen MR) is 73.5 cm³/mol. The summed E-state index contributed by atoms with van der Waals surface area (Å²) in [6, 6.07) is 1.86. The van der Waals surface area contributed by atoms with Gasteiger partial charge in [-0.15, -0.1) is 0 Å². The highest BCUT2D eigenvalue weighted by molar-refractivity contribution is 5.73. The summed E-state index contributed by atoms with van der Waals surface area (Å²) in [7, 11) is 1.72. The second-order valence-corrected chi connectivity index (χ2v) is 5.18. The number of rotatable bonds is 4. The Bertz CT molecular complexity index is 452. The summed E-state index contributed by atoms with van der Waals surface area (Å²) in [5.41, 5.74) is 0. The van der Waals surface area contributed by atoms with Gasteiger partial charge >= 0.3 is 5.97 Å². The third-order valence-electron chi connectivity index (χ3n) is 3.38. The van der Waals surface area contributed by atoms with Gasteiger partial charge in [0.1, 0.15) is 24.5 Å². The van der Waals surface area contributed by atoms with E-state index in [0.29, 0.717) is 11.7 Å². The summed E-state index contributed by atoms with van der Waals surface area (Å²) in [4.78, 5) is 23.0. The van der Waals surface area contributed by atoms with Crippen LogP contribution in [0.5, 0.6) is 0 Å². The zero-order valence-electron chi connectivity index (χ0n) is 11.4. The van der Waals surface area contributed by atoms with Crippen LogP contribution in [0.15, 0.2) is 12.4 Å². The van der Waals surface area contributed by atoms with E-state index in [2.05, 4.69) is 21.8 Å². The molecule has 1 aliphatic rings. The average Bonchev–Trinajstić information content (AvgIpc) is 2.38. The highest BCUT2D eigenvalue weighted by atomic mass is 16.4. The van der Waals surface area contributed by atoms with Gasteiger partial charge < -0.3 is 14.9 Å². The van der Waals surface area contributed by atoms with Gasteiger partial charge in [-0.3, -0.25) is 4.79 Å². The standard InChI is InChI=1S/C13H20N4O2/c1-10-4-3-5-17(7-10)12-6-11(14-9-15-12)16(2)8-13(18)19/h6,9-10H,3-5,7-8H2,1-2H3,(H,18,19). The number of aromatic nitrogens is 2. The lowest BCUT2D eigenvalue weighted by Gasteiger charge is -2.32. The molecule has 0 radical (unpaired) electrons. The molecule has 1 saturated heterocycles. The predicted octanol–water partition coefficient (Wildman–Crippen LogP) is 1.23. The molecule has 19 heavy (non-hydrogen) atoms. The Labute approximate surface area is 113 Å². The van der Waals surface area contributed by atoms with Crippen molar-refractivity contribution in [1.82, 2.24) is 9.97 Å². The number of carboxylic acids is 1. The molecule has 0 spiro atoms. The number of likely N-dealkylation sites (N-methyl/N-ethyl adjacent to an activating group) is 1. The fraction of sp³-hybridized carbons (Fsp3) is 0.615. The number of hydrogen-bond donors (Lipinski definition) is 1. The van der Waals surface area contributed by atoms with Crippen LogP contribution < -0.4 is 9.80 Å². The van der Waals surface area contributed by atoms with Crippen molar-refractivity contribution in [1.29, 1.82) is 0 Å². The van der Waals surface area contributed by atoms with Gasteiger partial charge in [-0.05, 0) is 18.8 Å². The van der Waals surface area contributed by atoms with Crippen molar-refractivity contribution in [2.75, 3.05) is 36.5 Å². The number of anilines is 2. The second kappa shape index (κ2) is 5.86. The first-order valence-corrected chi connectivity index (χ1v) is 6.56. The van der Waals surface area contributed by atoms with Crippen LogP contribution in [0.4, 0.5) is 11.6 Å². The number of aliphatic carboxylic acids is 1. The molecule has 1 fully saturated rings. The summed E-state index contributed by atoms with van der Waals surface area (Å²) < 4.78 is 0. The van der Waals surface area contributed by atoms with Crippen molar-refractivity contribution in [2.45, 2.75) is 19.8 Å². The molecule has 1 atom stereocenters.